The van der Waals surface area contributed by atoms with Crippen molar-refractivity contribution in [2.75, 3.05) is 26.7 Å². The predicted molar refractivity (Wildman–Crippen MR) is 91.7 cm³/mol. The van der Waals surface area contributed by atoms with Gasteiger partial charge in [0.2, 0.25) is 11.8 Å². The number of benzene rings is 1. The predicted octanol–water partition coefficient (Wildman–Crippen LogP) is 2.00. The number of hydrogen-bond donors (Lipinski definition) is 1. The first kappa shape index (κ1) is 16.8. The normalized spacial score (nSPS) is 22.1. The Morgan fingerprint density at radius 3 is 2.67 bits per heavy atom. The Kier molecular flexibility index (Phi) is 5.38. The van der Waals surface area contributed by atoms with Crippen LogP contribution >= 0.6 is 0 Å². The minimum absolute atomic E-state index is 0.0338. The zero-order chi connectivity index (χ0) is 16.9. The lowest BCUT2D eigenvalue weighted by Gasteiger charge is -2.35. The third kappa shape index (κ3) is 3.89. The number of nitrogens with zero attached hydrogens (tertiary/aromatic N) is 1. The van der Waals surface area contributed by atoms with E-state index in [9.17, 15) is 9.59 Å². The van der Waals surface area contributed by atoms with Crippen molar-refractivity contribution in [2.24, 2.45) is 11.8 Å². The maximum Gasteiger partial charge on any atom is 0.227 e. The lowest BCUT2D eigenvalue weighted by atomic mass is 9.88. The molecule has 130 valence electrons. The average molecular weight is 330 g/mol. The summed E-state index contributed by atoms with van der Waals surface area (Å²) in [5.41, 5.74) is 1.25. The zero-order valence-electron chi connectivity index (χ0n) is 14.3. The molecule has 0 aliphatic carbocycles. The number of rotatable bonds is 4. The molecule has 5 nitrogen and oxygen atoms in total. The van der Waals surface area contributed by atoms with Gasteiger partial charge in [0.1, 0.15) is 5.75 Å². The molecule has 0 spiro atoms. The Balaban J connectivity index is 1.50. The van der Waals surface area contributed by atoms with Crippen LogP contribution in [0.15, 0.2) is 24.3 Å². The molecule has 1 atom stereocenters. The molecule has 24 heavy (non-hydrogen) atoms. The van der Waals surface area contributed by atoms with Gasteiger partial charge in [0.25, 0.3) is 0 Å². The molecule has 0 radical (unpaired) electrons. The third-order valence-corrected chi connectivity index (χ3v) is 5.24. The second-order valence-electron chi connectivity index (χ2n) is 6.82. The monoisotopic (exact) mass is 330 g/mol. The van der Waals surface area contributed by atoms with Crippen LogP contribution in [0.5, 0.6) is 5.75 Å². The molecule has 2 heterocycles. The molecule has 1 aromatic rings. The number of piperidine rings is 2. The van der Waals surface area contributed by atoms with Gasteiger partial charge in [-0.05, 0) is 43.2 Å². The summed E-state index contributed by atoms with van der Waals surface area (Å²) in [7, 11) is 1.71. The van der Waals surface area contributed by atoms with E-state index >= 15 is 0 Å². The standard InChI is InChI=1S/C19H26N2O3/c1-24-17-5-3-2-4-15(17)12-14-8-10-21(11-9-14)19(23)16-6-7-18(22)20-13-16/h2-5,14,16H,6-13H2,1H3,(H,20,22)/t16-/m0/s1. The summed E-state index contributed by atoms with van der Waals surface area (Å²) in [6.07, 6.45) is 4.23. The van der Waals surface area contributed by atoms with Crippen molar-refractivity contribution in [2.45, 2.75) is 32.1 Å². The van der Waals surface area contributed by atoms with Crippen LogP contribution in [0.3, 0.4) is 0 Å². The molecule has 2 saturated heterocycles. The van der Waals surface area contributed by atoms with Crippen LogP contribution in [0, 0.1) is 11.8 Å². The van der Waals surface area contributed by atoms with Crippen molar-refractivity contribution in [3.63, 3.8) is 0 Å². The van der Waals surface area contributed by atoms with Crippen LogP contribution < -0.4 is 10.1 Å². The maximum absolute atomic E-state index is 12.6. The number of ether oxygens (including phenoxy) is 1. The Labute approximate surface area is 143 Å². The topological polar surface area (TPSA) is 58.6 Å². The second-order valence-corrected chi connectivity index (χ2v) is 6.82. The minimum atomic E-state index is -0.0338. The highest BCUT2D eigenvalue weighted by molar-refractivity contribution is 5.83. The Bertz CT molecular complexity index is 584. The molecule has 1 N–H and O–H groups in total. The van der Waals surface area contributed by atoms with E-state index in [-0.39, 0.29) is 17.7 Å². The van der Waals surface area contributed by atoms with Gasteiger partial charge in [0, 0.05) is 26.1 Å². The van der Waals surface area contributed by atoms with E-state index in [4.69, 9.17) is 4.74 Å². The van der Waals surface area contributed by atoms with Crippen molar-refractivity contribution >= 4 is 11.8 Å². The highest BCUT2D eigenvalue weighted by atomic mass is 16.5. The number of carbonyl (C=O) groups excluding carboxylic acids is 2. The summed E-state index contributed by atoms with van der Waals surface area (Å²) >= 11 is 0. The summed E-state index contributed by atoms with van der Waals surface area (Å²) in [6.45, 7) is 2.14. The SMILES string of the molecule is COc1ccccc1CC1CCN(C(=O)[C@H]2CCC(=O)NC2)CC1. The summed E-state index contributed by atoms with van der Waals surface area (Å²) in [4.78, 5) is 25.8. The summed E-state index contributed by atoms with van der Waals surface area (Å²) in [5.74, 6) is 1.79. The number of carbonyl (C=O) groups is 2. The van der Waals surface area contributed by atoms with Gasteiger partial charge in [-0.1, -0.05) is 18.2 Å². The van der Waals surface area contributed by atoms with E-state index in [1.54, 1.807) is 7.11 Å². The van der Waals surface area contributed by atoms with Crippen LogP contribution in [0.1, 0.15) is 31.2 Å². The molecule has 0 aromatic heterocycles. The number of hydrogen-bond acceptors (Lipinski definition) is 3. The van der Waals surface area contributed by atoms with E-state index in [0.717, 1.165) is 38.1 Å². The molecule has 3 rings (SSSR count). The van der Waals surface area contributed by atoms with Gasteiger partial charge >= 0.3 is 0 Å². The van der Waals surface area contributed by atoms with Gasteiger partial charge < -0.3 is 15.0 Å². The van der Waals surface area contributed by atoms with E-state index in [0.29, 0.717) is 25.3 Å². The molecule has 2 aliphatic heterocycles. The van der Waals surface area contributed by atoms with Gasteiger partial charge in [0.15, 0.2) is 0 Å². The molecule has 0 unspecified atom stereocenters. The van der Waals surface area contributed by atoms with Gasteiger partial charge in [-0.25, -0.2) is 0 Å². The van der Waals surface area contributed by atoms with Gasteiger partial charge in [-0.2, -0.15) is 0 Å². The van der Waals surface area contributed by atoms with Gasteiger partial charge in [0.05, 0.1) is 13.0 Å². The average Bonchev–Trinajstić information content (AvgIpc) is 2.63. The zero-order valence-corrected chi connectivity index (χ0v) is 14.3. The van der Waals surface area contributed by atoms with Crippen LogP contribution in [-0.2, 0) is 16.0 Å². The third-order valence-electron chi connectivity index (χ3n) is 5.24. The largest absolute Gasteiger partial charge is 0.496 e. The molecular weight excluding hydrogens is 304 g/mol. The van der Waals surface area contributed by atoms with Crippen molar-refractivity contribution in [3.05, 3.63) is 29.8 Å². The fourth-order valence-corrected chi connectivity index (χ4v) is 3.74. The fraction of sp³-hybridized carbons (Fsp3) is 0.579. The van der Waals surface area contributed by atoms with E-state index in [1.807, 2.05) is 23.1 Å². The molecular formula is C19H26N2O3. The van der Waals surface area contributed by atoms with Crippen molar-refractivity contribution in [3.8, 4) is 5.75 Å². The number of para-hydroxylation sites is 1. The molecule has 2 fully saturated rings. The van der Waals surface area contributed by atoms with Crippen molar-refractivity contribution in [1.29, 1.82) is 0 Å². The molecule has 2 aliphatic rings. The second kappa shape index (κ2) is 7.69. The number of likely N-dealkylation sites (tertiary alicyclic amines) is 1. The summed E-state index contributed by atoms with van der Waals surface area (Å²) < 4.78 is 5.44. The van der Waals surface area contributed by atoms with Crippen LogP contribution in [0.2, 0.25) is 0 Å². The quantitative estimate of drug-likeness (QED) is 0.919. The van der Waals surface area contributed by atoms with Crippen molar-refractivity contribution in [1.82, 2.24) is 10.2 Å². The summed E-state index contributed by atoms with van der Waals surface area (Å²) in [6, 6.07) is 8.17. The highest BCUT2D eigenvalue weighted by Crippen LogP contribution is 2.27. The Hall–Kier alpha value is -2.04. The molecule has 1 aromatic carbocycles. The number of nitrogens with one attached hydrogen (secondary N) is 1. The number of amides is 2. The number of methoxy groups -OCH3 is 1. The Morgan fingerprint density at radius 1 is 1.25 bits per heavy atom. The minimum Gasteiger partial charge on any atom is -0.496 e. The van der Waals surface area contributed by atoms with Crippen LogP contribution in [-0.4, -0.2) is 43.5 Å². The van der Waals surface area contributed by atoms with E-state index < -0.39 is 0 Å². The Morgan fingerprint density at radius 2 is 2.00 bits per heavy atom. The van der Waals surface area contributed by atoms with Crippen LogP contribution in [0.25, 0.3) is 0 Å². The highest BCUT2D eigenvalue weighted by Gasteiger charge is 2.30. The van der Waals surface area contributed by atoms with Gasteiger partial charge in [-0.15, -0.1) is 0 Å². The first-order valence-corrected chi connectivity index (χ1v) is 8.84. The summed E-state index contributed by atoms with van der Waals surface area (Å²) in [5, 5.41) is 2.81. The lowest BCUT2D eigenvalue weighted by Crippen LogP contribution is -2.47. The fourth-order valence-electron chi connectivity index (χ4n) is 3.74. The molecule has 2 amide bonds. The van der Waals surface area contributed by atoms with E-state index in [1.165, 1.54) is 5.56 Å². The van der Waals surface area contributed by atoms with Gasteiger partial charge in [-0.3, -0.25) is 9.59 Å². The van der Waals surface area contributed by atoms with E-state index in [2.05, 4.69) is 11.4 Å². The maximum atomic E-state index is 12.6. The van der Waals surface area contributed by atoms with Crippen molar-refractivity contribution < 1.29 is 14.3 Å². The van der Waals surface area contributed by atoms with Crippen LogP contribution in [0.4, 0.5) is 0 Å². The first-order chi connectivity index (χ1) is 11.7. The lowest BCUT2D eigenvalue weighted by molar-refractivity contribution is -0.138. The first-order valence-electron chi connectivity index (χ1n) is 8.84. The molecule has 0 saturated carbocycles. The molecule has 5 heteroatoms. The smallest absolute Gasteiger partial charge is 0.227 e. The molecule has 0 bridgehead atoms.